The van der Waals surface area contributed by atoms with Crippen molar-refractivity contribution in [1.82, 2.24) is 20.2 Å². The van der Waals surface area contributed by atoms with Crippen molar-refractivity contribution < 1.29 is 14.3 Å². The summed E-state index contributed by atoms with van der Waals surface area (Å²) in [6, 6.07) is 6.32. The predicted octanol–water partition coefficient (Wildman–Crippen LogP) is 2.72. The predicted molar refractivity (Wildman–Crippen MR) is 129 cm³/mol. The van der Waals surface area contributed by atoms with E-state index in [0.29, 0.717) is 36.5 Å². The number of aryl methyl sites for hydroxylation is 1. The molecule has 10 heteroatoms. The van der Waals surface area contributed by atoms with Crippen LogP contribution in [0.5, 0.6) is 0 Å². The minimum atomic E-state index is -0.691. The van der Waals surface area contributed by atoms with E-state index in [1.54, 1.807) is 51.2 Å². The molecule has 0 aliphatic carbocycles. The molecule has 1 aromatic heterocycles. The van der Waals surface area contributed by atoms with Crippen molar-refractivity contribution in [3.05, 3.63) is 57.8 Å². The van der Waals surface area contributed by atoms with Crippen LogP contribution in [-0.2, 0) is 22.5 Å². The Morgan fingerprint density at radius 3 is 2.59 bits per heavy atom. The molecule has 1 aromatic carbocycles. The summed E-state index contributed by atoms with van der Waals surface area (Å²) in [7, 11) is 0. The zero-order chi connectivity index (χ0) is 24.9. The van der Waals surface area contributed by atoms with Crippen LogP contribution in [-0.4, -0.2) is 39.5 Å². The van der Waals surface area contributed by atoms with Crippen molar-refractivity contribution >= 4 is 23.5 Å². The van der Waals surface area contributed by atoms with Crippen LogP contribution in [0.1, 0.15) is 63.5 Å². The van der Waals surface area contributed by atoms with Crippen LogP contribution < -0.4 is 21.5 Å². The quantitative estimate of drug-likeness (QED) is 0.364. The Labute approximate surface area is 198 Å². The zero-order valence-electron chi connectivity index (χ0n) is 20.0. The summed E-state index contributed by atoms with van der Waals surface area (Å²) in [6.07, 6.45) is 2.82. The molecule has 0 saturated carbocycles. The number of ether oxygens (including phenoxy) is 1. The maximum atomic E-state index is 12.9. The molecule has 2 amide bonds. The Morgan fingerprint density at radius 1 is 1.24 bits per heavy atom. The van der Waals surface area contributed by atoms with Crippen LogP contribution >= 0.6 is 0 Å². The molecule has 0 radical (unpaired) electrons. The highest BCUT2D eigenvalue weighted by Gasteiger charge is 2.31. The fourth-order valence-corrected chi connectivity index (χ4v) is 3.61. The number of fused-ring (bicyclic) bond motifs is 1. The highest BCUT2D eigenvalue weighted by atomic mass is 16.6. The molecule has 1 unspecified atom stereocenters. The van der Waals surface area contributed by atoms with E-state index in [0.717, 1.165) is 12.0 Å². The van der Waals surface area contributed by atoms with Gasteiger partial charge in [-0.2, -0.15) is 0 Å². The van der Waals surface area contributed by atoms with Gasteiger partial charge in [0, 0.05) is 25.1 Å². The largest absolute Gasteiger partial charge is 0.444 e. The second kappa shape index (κ2) is 10.5. The summed E-state index contributed by atoms with van der Waals surface area (Å²) in [5.41, 5.74) is 0.862. The lowest BCUT2D eigenvalue weighted by Gasteiger charge is -2.19. The number of carbonyl (C=O) groups is 2. The number of carbonyl (C=O) groups excluding carboxylic acids is 2. The minimum absolute atomic E-state index is 0.0771. The second-order valence-corrected chi connectivity index (χ2v) is 9.16. The minimum Gasteiger partial charge on any atom is -0.444 e. The van der Waals surface area contributed by atoms with Gasteiger partial charge in [0.1, 0.15) is 29.0 Å². The lowest BCUT2D eigenvalue weighted by atomic mass is 10.1. The van der Waals surface area contributed by atoms with Gasteiger partial charge in [-0.25, -0.2) is 9.78 Å². The fraction of sp³-hybridized carbons (Fsp3) is 0.458. The first kappa shape index (κ1) is 24.9. The number of amidine groups is 1. The molecule has 1 atom stereocenters. The molecule has 2 heterocycles. The first-order valence-corrected chi connectivity index (χ1v) is 11.4. The number of nitrogens with zero attached hydrogens (tertiary/aromatic N) is 2. The molecule has 0 spiro atoms. The summed E-state index contributed by atoms with van der Waals surface area (Å²) >= 11 is 0. The first-order valence-electron chi connectivity index (χ1n) is 11.4. The summed E-state index contributed by atoms with van der Waals surface area (Å²) in [5, 5.41) is 16.4. The molecule has 4 N–H and O–H groups in total. The number of nitrogens with one attached hydrogen (secondary N) is 4. The van der Waals surface area contributed by atoms with Crippen molar-refractivity contribution in [2.45, 2.75) is 65.1 Å². The number of amides is 2. The molecule has 1 aliphatic heterocycles. The van der Waals surface area contributed by atoms with E-state index in [9.17, 15) is 14.4 Å². The SMILES string of the molecule is CCCNc1cnc2n(c1=O)C(C(=O)NCc1ccc(C(=N)NC(=O)OC(C)(C)C)cc1)CC2. The maximum Gasteiger partial charge on any atom is 0.413 e. The van der Waals surface area contributed by atoms with Gasteiger partial charge in [0.2, 0.25) is 5.91 Å². The number of benzene rings is 1. The molecule has 34 heavy (non-hydrogen) atoms. The standard InChI is InChI=1S/C24H32N6O4/c1-5-12-26-17-14-27-19-11-10-18(30(19)22(17)32)21(31)28-13-15-6-8-16(9-7-15)20(25)29-23(33)34-24(2,3)4/h6-9,14,18,26H,5,10-13H2,1-4H3,(H,28,31)(H2,25,29,33). The Morgan fingerprint density at radius 2 is 1.94 bits per heavy atom. The van der Waals surface area contributed by atoms with Gasteiger partial charge >= 0.3 is 6.09 Å². The van der Waals surface area contributed by atoms with Crippen molar-refractivity contribution in [1.29, 1.82) is 5.41 Å². The lowest BCUT2D eigenvalue weighted by Crippen LogP contribution is -2.36. The molecule has 0 fully saturated rings. The van der Waals surface area contributed by atoms with Gasteiger partial charge in [0.05, 0.1) is 6.20 Å². The van der Waals surface area contributed by atoms with Crippen molar-refractivity contribution in [2.24, 2.45) is 0 Å². The molecular weight excluding hydrogens is 436 g/mol. The molecule has 0 bridgehead atoms. The molecule has 0 saturated heterocycles. The van der Waals surface area contributed by atoms with E-state index in [1.807, 2.05) is 6.92 Å². The normalized spacial score (nSPS) is 14.8. The Bertz CT molecular complexity index is 1120. The topological polar surface area (TPSA) is 138 Å². The van der Waals surface area contributed by atoms with Crippen LogP contribution in [0.3, 0.4) is 0 Å². The molecule has 3 rings (SSSR count). The van der Waals surface area contributed by atoms with E-state index in [1.165, 1.54) is 4.57 Å². The number of hydrogen-bond donors (Lipinski definition) is 4. The van der Waals surface area contributed by atoms with Crippen LogP contribution in [0.4, 0.5) is 10.5 Å². The zero-order valence-corrected chi connectivity index (χ0v) is 20.0. The summed E-state index contributed by atoms with van der Waals surface area (Å²) in [6.45, 7) is 8.19. The first-order chi connectivity index (χ1) is 16.1. The molecule has 10 nitrogen and oxygen atoms in total. The summed E-state index contributed by atoms with van der Waals surface area (Å²) < 4.78 is 6.64. The van der Waals surface area contributed by atoms with Crippen LogP contribution in [0.25, 0.3) is 0 Å². The van der Waals surface area contributed by atoms with E-state index >= 15 is 0 Å². The van der Waals surface area contributed by atoms with E-state index in [-0.39, 0.29) is 23.8 Å². The molecule has 1 aliphatic rings. The van der Waals surface area contributed by atoms with Gasteiger partial charge in [-0.15, -0.1) is 0 Å². The Balaban J connectivity index is 1.59. The smallest absolute Gasteiger partial charge is 0.413 e. The van der Waals surface area contributed by atoms with Crippen LogP contribution in [0, 0.1) is 5.41 Å². The molecule has 182 valence electrons. The third-order valence-corrected chi connectivity index (χ3v) is 5.23. The van der Waals surface area contributed by atoms with Gasteiger partial charge in [-0.3, -0.25) is 24.9 Å². The summed E-state index contributed by atoms with van der Waals surface area (Å²) in [5.74, 6) is 0.304. The number of anilines is 1. The van der Waals surface area contributed by atoms with Gasteiger partial charge in [-0.05, 0) is 39.2 Å². The number of alkyl carbamates (subject to hydrolysis) is 1. The van der Waals surface area contributed by atoms with Crippen LogP contribution in [0.2, 0.25) is 0 Å². The monoisotopic (exact) mass is 468 g/mol. The van der Waals surface area contributed by atoms with Crippen LogP contribution in [0.15, 0.2) is 35.3 Å². The number of aromatic nitrogens is 2. The van der Waals surface area contributed by atoms with E-state index in [4.69, 9.17) is 10.1 Å². The van der Waals surface area contributed by atoms with Gasteiger partial charge in [-0.1, -0.05) is 31.2 Å². The lowest BCUT2D eigenvalue weighted by molar-refractivity contribution is -0.124. The average molecular weight is 469 g/mol. The van der Waals surface area contributed by atoms with Gasteiger partial charge in [0.15, 0.2) is 0 Å². The number of rotatable bonds is 7. The summed E-state index contributed by atoms with van der Waals surface area (Å²) in [4.78, 5) is 41.9. The highest BCUT2D eigenvalue weighted by Crippen LogP contribution is 2.23. The number of hydrogen-bond acceptors (Lipinski definition) is 7. The fourth-order valence-electron chi connectivity index (χ4n) is 3.61. The van der Waals surface area contributed by atoms with Gasteiger partial charge in [0.25, 0.3) is 5.56 Å². The Kier molecular flexibility index (Phi) is 7.70. The second-order valence-electron chi connectivity index (χ2n) is 9.16. The van der Waals surface area contributed by atoms with Crippen molar-refractivity contribution in [3.63, 3.8) is 0 Å². The van der Waals surface area contributed by atoms with E-state index < -0.39 is 17.7 Å². The van der Waals surface area contributed by atoms with Gasteiger partial charge < -0.3 is 15.4 Å². The van der Waals surface area contributed by atoms with E-state index in [2.05, 4.69) is 20.9 Å². The third-order valence-electron chi connectivity index (χ3n) is 5.23. The molecule has 2 aromatic rings. The van der Waals surface area contributed by atoms with Crippen molar-refractivity contribution in [2.75, 3.05) is 11.9 Å². The maximum absolute atomic E-state index is 12.9. The highest BCUT2D eigenvalue weighted by molar-refractivity contribution is 6.04. The average Bonchev–Trinajstić information content (AvgIpc) is 3.21. The Hall–Kier alpha value is -3.69. The third kappa shape index (κ3) is 6.21. The van der Waals surface area contributed by atoms with Crippen molar-refractivity contribution in [3.8, 4) is 0 Å². The molecular formula is C24H32N6O4.